The Bertz CT molecular complexity index is 653. The number of benzene rings is 2. The van der Waals surface area contributed by atoms with Crippen LogP contribution in [0, 0.1) is 0 Å². The van der Waals surface area contributed by atoms with Gasteiger partial charge in [-0.25, -0.2) is 0 Å². The summed E-state index contributed by atoms with van der Waals surface area (Å²) in [5.41, 5.74) is 2.46. The van der Waals surface area contributed by atoms with Crippen LogP contribution in [-0.4, -0.2) is 4.98 Å². The lowest BCUT2D eigenvalue weighted by atomic mass is 9.94. The fourth-order valence-corrected chi connectivity index (χ4v) is 2.39. The first-order valence-electron chi connectivity index (χ1n) is 6.25. The molecule has 2 aromatic carbocycles. The molecule has 1 heteroatoms. The van der Waals surface area contributed by atoms with Gasteiger partial charge in [-0.2, -0.15) is 0 Å². The molecular formula is C17H15N. The second-order valence-electron chi connectivity index (χ2n) is 4.55. The molecular weight excluding hydrogens is 218 g/mol. The van der Waals surface area contributed by atoms with Gasteiger partial charge in [0.15, 0.2) is 0 Å². The summed E-state index contributed by atoms with van der Waals surface area (Å²) in [5, 5.41) is 2.50. The second-order valence-corrected chi connectivity index (χ2v) is 4.55. The van der Waals surface area contributed by atoms with Crippen LogP contribution < -0.4 is 0 Å². The molecule has 0 aliphatic heterocycles. The van der Waals surface area contributed by atoms with Crippen molar-refractivity contribution >= 4 is 10.8 Å². The van der Waals surface area contributed by atoms with Gasteiger partial charge in [-0.1, -0.05) is 61.5 Å². The molecule has 0 radical (unpaired) electrons. The molecule has 18 heavy (non-hydrogen) atoms. The molecule has 88 valence electrons. The highest BCUT2D eigenvalue weighted by molar-refractivity contribution is 5.85. The van der Waals surface area contributed by atoms with Gasteiger partial charge in [0.2, 0.25) is 0 Å². The Balaban J connectivity index is 2.15. The molecule has 0 unspecified atom stereocenters. The summed E-state index contributed by atoms with van der Waals surface area (Å²) in [4.78, 5) is 4.58. The van der Waals surface area contributed by atoms with E-state index in [9.17, 15) is 0 Å². The monoisotopic (exact) mass is 233 g/mol. The molecule has 1 nitrogen and oxygen atoms in total. The maximum Gasteiger partial charge on any atom is 0.0553 e. The summed E-state index contributed by atoms with van der Waals surface area (Å²) >= 11 is 0. The Hall–Kier alpha value is -2.15. The zero-order valence-corrected chi connectivity index (χ0v) is 10.4. The van der Waals surface area contributed by atoms with Gasteiger partial charge >= 0.3 is 0 Å². The first-order chi connectivity index (χ1) is 8.86. The summed E-state index contributed by atoms with van der Waals surface area (Å²) in [6, 6.07) is 21.0. The number of hydrogen-bond acceptors (Lipinski definition) is 1. The van der Waals surface area contributed by atoms with Crippen molar-refractivity contribution in [3.63, 3.8) is 0 Å². The van der Waals surface area contributed by atoms with Crippen molar-refractivity contribution in [2.45, 2.75) is 12.8 Å². The minimum Gasteiger partial charge on any atom is -0.260 e. The summed E-state index contributed by atoms with van der Waals surface area (Å²) in [5.74, 6) is 0.317. The normalized spacial score (nSPS) is 12.5. The summed E-state index contributed by atoms with van der Waals surface area (Å²) < 4.78 is 0. The van der Waals surface area contributed by atoms with Crippen LogP contribution in [0.3, 0.4) is 0 Å². The van der Waals surface area contributed by atoms with Gasteiger partial charge in [0.1, 0.15) is 0 Å². The molecule has 1 atom stereocenters. The molecule has 0 aliphatic carbocycles. The Labute approximate surface area is 107 Å². The van der Waals surface area contributed by atoms with Gasteiger partial charge in [0.05, 0.1) is 5.69 Å². The van der Waals surface area contributed by atoms with Crippen LogP contribution in [-0.2, 0) is 0 Å². The molecule has 0 saturated carbocycles. The van der Waals surface area contributed by atoms with Crippen LogP contribution in [0.15, 0.2) is 66.9 Å². The largest absolute Gasteiger partial charge is 0.260 e. The predicted molar refractivity (Wildman–Crippen MR) is 75.7 cm³/mol. The molecule has 0 fully saturated rings. The molecule has 1 aromatic heterocycles. The van der Waals surface area contributed by atoms with Crippen molar-refractivity contribution in [2.75, 3.05) is 0 Å². The standard InChI is InChI=1S/C17H15N/c1-13(14-7-3-2-4-8-14)17-16-10-6-5-9-15(16)11-12-18-17/h2-13H,1H3/t13-/m1/s1. The van der Waals surface area contributed by atoms with Crippen LogP contribution in [0.1, 0.15) is 24.1 Å². The van der Waals surface area contributed by atoms with Crippen molar-refractivity contribution < 1.29 is 0 Å². The van der Waals surface area contributed by atoms with Crippen molar-refractivity contribution in [1.29, 1.82) is 0 Å². The molecule has 0 amide bonds. The van der Waals surface area contributed by atoms with Gasteiger partial charge in [-0.3, -0.25) is 4.98 Å². The third-order valence-electron chi connectivity index (χ3n) is 3.41. The van der Waals surface area contributed by atoms with E-state index in [-0.39, 0.29) is 0 Å². The number of hydrogen-bond donors (Lipinski definition) is 0. The number of nitrogens with zero attached hydrogens (tertiary/aromatic N) is 1. The maximum atomic E-state index is 4.58. The Morgan fingerprint density at radius 1 is 0.833 bits per heavy atom. The lowest BCUT2D eigenvalue weighted by Crippen LogP contribution is -1.99. The third-order valence-corrected chi connectivity index (χ3v) is 3.41. The van der Waals surface area contributed by atoms with Crippen LogP contribution in [0.4, 0.5) is 0 Å². The summed E-state index contributed by atoms with van der Waals surface area (Å²) in [7, 11) is 0. The zero-order valence-electron chi connectivity index (χ0n) is 10.4. The lowest BCUT2D eigenvalue weighted by molar-refractivity contribution is 0.885. The number of rotatable bonds is 2. The van der Waals surface area contributed by atoms with Crippen LogP contribution in [0.2, 0.25) is 0 Å². The van der Waals surface area contributed by atoms with Gasteiger partial charge in [0.25, 0.3) is 0 Å². The topological polar surface area (TPSA) is 12.9 Å². The summed E-state index contributed by atoms with van der Waals surface area (Å²) in [6.45, 7) is 2.21. The van der Waals surface area contributed by atoms with Gasteiger partial charge in [-0.15, -0.1) is 0 Å². The number of aromatic nitrogens is 1. The molecule has 0 saturated heterocycles. The van der Waals surface area contributed by atoms with Gasteiger partial charge in [-0.05, 0) is 17.0 Å². The average Bonchev–Trinajstić information content (AvgIpc) is 2.47. The van der Waals surface area contributed by atoms with Crippen molar-refractivity contribution in [1.82, 2.24) is 4.98 Å². The molecule has 0 N–H and O–H groups in total. The predicted octanol–water partition coefficient (Wildman–Crippen LogP) is 4.39. The highest BCUT2D eigenvalue weighted by Gasteiger charge is 2.12. The quantitative estimate of drug-likeness (QED) is 0.639. The fourth-order valence-electron chi connectivity index (χ4n) is 2.39. The van der Waals surface area contributed by atoms with Crippen LogP contribution >= 0.6 is 0 Å². The van der Waals surface area contributed by atoms with Crippen molar-refractivity contribution in [3.8, 4) is 0 Å². The second kappa shape index (κ2) is 4.61. The van der Waals surface area contributed by atoms with E-state index in [0.717, 1.165) is 5.69 Å². The Morgan fingerprint density at radius 2 is 1.56 bits per heavy atom. The molecule has 0 aliphatic rings. The minimum atomic E-state index is 0.317. The van der Waals surface area contributed by atoms with E-state index in [0.29, 0.717) is 5.92 Å². The van der Waals surface area contributed by atoms with E-state index in [4.69, 9.17) is 0 Å². The highest BCUT2D eigenvalue weighted by Crippen LogP contribution is 2.28. The first-order valence-corrected chi connectivity index (χ1v) is 6.25. The smallest absolute Gasteiger partial charge is 0.0553 e. The lowest BCUT2D eigenvalue weighted by Gasteiger charge is -2.13. The third kappa shape index (κ3) is 1.88. The highest BCUT2D eigenvalue weighted by atomic mass is 14.7. The average molecular weight is 233 g/mol. The maximum absolute atomic E-state index is 4.58. The molecule has 0 bridgehead atoms. The zero-order chi connectivity index (χ0) is 12.4. The van der Waals surface area contributed by atoms with E-state index in [1.165, 1.54) is 16.3 Å². The van der Waals surface area contributed by atoms with E-state index < -0.39 is 0 Å². The molecule has 1 heterocycles. The number of pyridine rings is 1. The van der Waals surface area contributed by atoms with E-state index in [2.05, 4.69) is 66.5 Å². The van der Waals surface area contributed by atoms with Crippen LogP contribution in [0.25, 0.3) is 10.8 Å². The molecule has 0 spiro atoms. The first kappa shape index (κ1) is 11.0. The van der Waals surface area contributed by atoms with E-state index in [1.54, 1.807) is 0 Å². The SMILES string of the molecule is C[C@H](c1ccccc1)c1nccc2ccccc12. The van der Waals surface area contributed by atoms with E-state index >= 15 is 0 Å². The van der Waals surface area contributed by atoms with Gasteiger partial charge in [0, 0.05) is 17.5 Å². The fraction of sp³-hybridized carbons (Fsp3) is 0.118. The van der Waals surface area contributed by atoms with E-state index in [1.807, 2.05) is 12.3 Å². The van der Waals surface area contributed by atoms with Crippen LogP contribution in [0.5, 0.6) is 0 Å². The number of fused-ring (bicyclic) bond motifs is 1. The molecule has 3 rings (SSSR count). The Kier molecular flexibility index (Phi) is 2.81. The van der Waals surface area contributed by atoms with Gasteiger partial charge < -0.3 is 0 Å². The summed E-state index contributed by atoms with van der Waals surface area (Å²) in [6.07, 6.45) is 1.90. The Morgan fingerprint density at radius 3 is 2.39 bits per heavy atom. The molecule has 3 aromatic rings. The minimum absolute atomic E-state index is 0.317. The van der Waals surface area contributed by atoms with Crippen molar-refractivity contribution in [2.24, 2.45) is 0 Å². The van der Waals surface area contributed by atoms with Crippen molar-refractivity contribution in [3.05, 3.63) is 78.1 Å².